The molecule has 0 bridgehead atoms. The molecule has 0 saturated heterocycles. The lowest BCUT2D eigenvalue weighted by molar-refractivity contribution is 0.0514. The Morgan fingerprint density at radius 1 is 1.29 bits per heavy atom. The van der Waals surface area contributed by atoms with Crippen molar-refractivity contribution in [2.75, 3.05) is 6.26 Å². The molecule has 3 rings (SSSR count). The van der Waals surface area contributed by atoms with Crippen LogP contribution in [-0.4, -0.2) is 17.9 Å². The lowest BCUT2D eigenvalue weighted by Gasteiger charge is -2.30. The molecule has 0 saturated carbocycles. The highest BCUT2D eigenvalue weighted by Gasteiger charge is 2.33. The number of thiophene rings is 1. The van der Waals surface area contributed by atoms with Crippen LogP contribution in [0.15, 0.2) is 39.0 Å². The van der Waals surface area contributed by atoms with Gasteiger partial charge in [-0.15, -0.1) is 23.1 Å². The summed E-state index contributed by atoms with van der Waals surface area (Å²) in [4.78, 5) is 17.4. The Labute approximate surface area is 155 Å². The number of halogens is 1. The van der Waals surface area contributed by atoms with Gasteiger partial charge in [0.15, 0.2) is 0 Å². The van der Waals surface area contributed by atoms with Crippen LogP contribution in [0.5, 0.6) is 0 Å². The number of benzene rings is 1. The number of rotatable bonds is 3. The van der Waals surface area contributed by atoms with E-state index in [1.165, 1.54) is 9.77 Å². The number of carbonyl (C=O) groups excluding carboxylic acids is 1. The van der Waals surface area contributed by atoms with Gasteiger partial charge in [0.2, 0.25) is 0 Å². The fourth-order valence-electron chi connectivity index (χ4n) is 2.89. The first kappa shape index (κ1) is 17.5. The molecule has 6 heteroatoms. The second kappa shape index (κ2) is 6.90. The molecule has 2 aromatic rings. The lowest BCUT2D eigenvalue weighted by atomic mass is 9.75. The van der Waals surface area contributed by atoms with Crippen molar-refractivity contribution < 1.29 is 9.63 Å². The number of nitrogens with zero attached hydrogens (tertiary/aromatic N) is 1. The highest BCUT2D eigenvalue weighted by atomic mass is 35.5. The van der Waals surface area contributed by atoms with Crippen LogP contribution in [0.3, 0.4) is 0 Å². The van der Waals surface area contributed by atoms with Gasteiger partial charge in [0.05, 0.1) is 15.5 Å². The van der Waals surface area contributed by atoms with E-state index in [0.29, 0.717) is 10.6 Å². The van der Waals surface area contributed by atoms with Crippen LogP contribution >= 0.6 is 34.7 Å². The van der Waals surface area contributed by atoms with E-state index in [0.717, 1.165) is 24.1 Å². The fourth-order valence-corrected chi connectivity index (χ4v) is 4.82. The minimum atomic E-state index is -0.468. The molecule has 0 N–H and O–H groups in total. The summed E-state index contributed by atoms with van der Waals surface area (Å²) >= 11 is 9.28. The smallest absolute Gasteiger partial charge is 0.313 e. The monoisotopic (exact) mass is 379 g/mol. The standard InChI is InChI=1S/C18H18ClNO2S2/c1-18(2)8-12-10-24-17(23-3)15(12)14(9-18)20-22-16(21)11-4-6-13(19)7-5-11/h4-7,10H,8-9H2,1-3H3/b20-14+. The number of hydrogen-bond acceptors (Lipinski definition) is 5. The van der Waals surface area contributed by atoms with Crippen LogP contribution in [0.4, 0.5) is 0 Å². The molecule has 3 nitrogen and oxygen atoms in total. The zero-order chi connectivity index (χ0) is 17.3. The van der Waals surface area contributed by atoms with E-state index in [-0.39, 0.29) is 5.41 Å². The van der Waals surface area contributed by atoms with Gasteiger partial charge in [-0.1, -0.05) is 30.6 Å². The number of thioether (sulfide) groups is 1. The summed E-state index contributed by atoms with van der Waals surface area (Å²) in [6.07, 6.45) is 3.87. The topological polar surface area (TPSA) is 38.7 Å². The van der Waals surface area contributed by atoms with Gasteiger partial charge < -0.3 is 4.84 Å². The lowest BCUT2D eigenvalue weighted by Crippen LogP contribution is -2.27. The first-order valence-corrected chi connectivity index (χ1v) is 10.1. The molecule has 0 aliphatic heterocycles. The van der Waals surface area contributed by atoms with Crippen LogP contribution in [0.1, 0.15) is 41.8 Å². The van der Waals surface area contributed by atoms with Crippen molar-refractivity contribution >= 4 is 46.4 Å². The zero-order valence-electron chi connectivity index (χ0n) is 13.8. The minimum absolute atomic E-state index is 0.106. The van der Waals surface area contributed by atoms with Gasteiger partial charge in [-0.25, -0.2) is 4.79 Å². The van der Waals surface area contributed by atoms with Crippen LogP contribution in [0, 0.1) is 5.41 Å². The summed E-state index contributed by atoms with van der Waals surface area (Å²) in [5.74, 6) is -0.468. The maximum atomic E-state index is 12.2. The molecule has 1 aliphatic carbocycles. The molecule has 0 unspecified atom stereocenters. The Hall–Kier alpha value is -1.30. The van der Waals surface area contributed by atoms with Gasteiger partial charge in [0, 0.05) is 10.6 Å². The van der Waals surface area contributed by atoms with E-state index >= 15 is 0 Å². The third-order valence-electron chi connectivity index (χ3n) is 3.94. The van der Waals surface area contributed by atoms with E-state index in [1.54, 1.807) is 47.4 Å². The Kier molecular flexibility index (Phi) is 5.04. The van der Waals surface area contributed by atoms with Crippen molar-refractivity contribution in [1.29, 1.82) is 0 Å². The summed E-state index contributed by atoms with van der Waals surface area (Å²) in [5.41, 5.74) is 3.84. The van der Waals surface area contributed by atoms with Gasteiger partial charge in [0.25, 0.3) is 0 Å². The van der Waals surface area contributed by atoms with Crippen molar-refractivity contribution in [2.45, 2.75) is 30.9 Å². The van der Waals surface area contributed by atoms with Gasteiger partial charge >= 0.3 is 5.97 Å². The van der Waals surface area contributed by atoms with E-state index < -0.39 is 5.97 Å². The van der Waals surface area contributed by atoms with Crippen LogP contribution in [-0.2, 0) is 11.3 Å². The average molecular weight is 380 g/mol. The van der Waals surface area contributed by atoms with Gasteiger partial charge in [-0.3, -0.25) is 0 Å². The molecule has 1 heterocycles. The molecule has 0 spiro atoms. The van der Waals surface area contributed by atoms with Crippen LogP contribution in [0.25, 0.3) is 0 Å². The molecule has 1 aromatic heterocycles. The van der Waals surface area contributed by atoms with Crippen molar-refractivity contribution in [3.63, 3.8) is 0 Å². The molecule has 1 aromatic carbocycles. The second-order valence-corrected chi connectivity index (χ2v) is 8.96. The Balaban J connectivity index is 1.88. The SMILES string of the molecule is CSc1scc2c1/C(=N/OC(=O)c1ccc(Cl)cc1)CC(C)(C)C2. The molecule has 0 amide bonds. The number of carbonyl (C=O) groups is 1. The average Bonchev–Trinajstić information content (AvgIpc) is 2.94. The molecule has 24 heavy (non-hydrogen) atoms. The van der Waals surface area contributed by atoms with Crippen LogP contribution < -0.4 is 0 Å². The largest absolute Gasteiger partial charge is 0.365 e. The summed E-state index contributed by atoms with van der Waals surface area (Å²) in [6.45, 7) is 4.42. The first-order valence-electron chi connectivity index (χ1n) is 7.58. The van der Waals surface area contributed by atoms with Gasteiger partial charge in [-0.05, 0) is 59.7 Å². The quantitative estimate of drug-likeness (QED) is 0.392. The predicted octanol–water partition coefficient (Wildman–Crippen LogP) is 5.66. The fraction of sp³-hybridized carbons (Fsp3) is 0.333. The van der Waals surface area contributed by atoms with Gasteiger partial charge in [0.1, 0.15) is 0 Å². The Morgan fingerprint density at radius 2 is 2.00 bits per heavy atom. The predicted molar refractivity (Wildman–Crippen MR) is 102 cm³/mol. The van der Waals surface area contributed by atoms with Crippen LogP contribution in [0.2, 0.25) is 5.02 Å². The van der Waals surface area contributed by atoms with Crippen molar-refractivity contribution in [1.82, 2.24) is 0 Å². The van der Waals surface area contributed by atoms with E-state index in [2.05, 4.69) is 30.6 Å². The molecule has 126 valence electrons. The number of fused-ring (bicyclic) bond motifs is 1. The summed E-state index contributed by atoms with van der Waals surface area (Å²) in [5, 5.41) is 7.00. The number of hydrogen-bond donors (Lipinski definition) is 0. The molecule has 0 fully saturated rings. The Morgan fingerprint density at radius 3 is 2.67 bits per heavy atom. The zero-order valence-corrected chi connectivity index (χ0v) is 16.1. The highest BCUT2D eigenvalue weighted by molar-refractivity contribution is 8.00. The van der Waals surface area contributed by atoms with Crippen molar-refractivity contribution in [2.24, 2.45) is 10.6 Å². The third-order valence-corrected chi connectivity index (χ3v) is 6.38. The summed E-state index contributed by atoms with van der Waals surface area (Å²) < 4.78 is 1.22. The first-order chi connectivity index (χ1) is 11.4. The van der Waals surface area contributed by atoms with Crippen molar-refractivity contribution in [3.8, 4) is 0 Å². The second-order valence-electron chi connectivity index (χ2n) is 6.57. The van der Waals surface area contributed by atoms with Gasteiger partial charge in [-0.2, -0.15) is 0 Å². The van der Waals surface area contributed by atoms with E-state index in [9.17, 15) is 4.79 Å². The third kappa shape index (κ3) is 3.68. The van der Waals surface area contributed by atoms with E-state index in [1.807, 2.05) is 0 Å². The highest BCUT2D eigenvalue weighted by Crippen LogP contribution is 2.42. The maximum Gasteiger partial charge on any atom is 0.365 e. The van der Waals surface area contributed by atoms with Crippen molar-refractivity contribution in [3.05, 3.63) is 51.4 Å². The normalized spacial score (nSPS) is 17.6. The molecular weight excluding hydrogens is 362 g/mol. The van der Waals surface area contributed by atoms with E-state index in [4.69, 9.17) is 16.4 Å². The molecule has 0 atom stereocenters. The summed E-state index contributed by atoms with van der Waals surface area (Å²) in [7, 11) is 0. The minimum Gasteiger partial charge on any atom is -0.313 e. The Bertz CT molecular complexity index is 794. The summed E-state index contributed by atoms with van der Waals surface area (Å²) in [6, 6.07) is 6.60. The molecule has 1 aliphatic rings. The molecular formula is C18H18ClNO2S2. The maximum absolute atomic E-state index is 12.2. The number of oxime groups is 1. The molecule has 0 radical (unpaired) electrons.